The fourth-order valence-electron chi connectivity index (χ4n) is 4.01. The van der Waals surface area contributed by atoms with Crippen molar-refractivity contribution in [3.8, 4) is 0 Å². The Balaban J connectivity index is 1.89. The van der Waals surface area contributed by atoms with Crippen LogP contribution < -0.4 is 0 Å². The molecule has 32 heavy (non-hydrogen) atoms. The molecule has 0 fully saturated rings. The van der Waals surface area contributed by atoms with Crippen molar-refractivity contribution < 1.29 is 23.1 Å². The predicted octanol–water partition coefficient (Wildman–Crippen LogP) is 3.30. The number of nitrogens with zero attached hydrogens (tertiary/aromatic N) is 4. The molecule has 4 rings (SSSR count). The number of carbonyl (C=O) groups excluding carboxylic acids is 2. The third-order valence-corrected chi connectivity index (χ3v) is 5.34. The molecule has 0 atom stereocenters. The maximum absolute atomic E-state index is 13.8. The third kappa shape index (κ3) is 3.55. The largest absolute Gasteiger partial charge is 0.459 e. The van der Waals surface area contributed by atoms with Crippen LogP contribution in [0.4, 0.5) is 8.78 Å². The van der Waals surface area contributed by atoms with E-state index in [0.717, 1.165) is 17.7 Å². The van der Waals surface area contributed by atoms with E-state index in [1.54, 1.807) is 25.6 Å². The molecular weight excluding hydrogens is 420 g/mol. The fourth-order valence-corrected chi connectivity index (χ4v) is 4.01. The van der Waals surface area contributed by atoms with Gasteiger partial charge in [0, 0.05) is 36.3 Å². The van der Waals surface area contributed by atoms with E-state index in [9.17, 15) is 18.4 Å². The van der Waals surface area contributed by atoms with Crippen molar-refractivity contribution in [1.82, 2.24) is 24.9 Å². The summed E-state index contributed by atoms with van der Waals surface area (Å²) in [7, 11) is 1.74. The van der Waals surface area contributed by atoms with Gasteiger partial charge < -0.3 is 14.6 Å². The number of benzene rings is 1. The number of fused-ring (bicyclic) bond motifs is 3. The summed E-state index contributed by atoms with van der Waals surface area (Å²) in [5, 5.41) is 8.15. The third-order valence-electron chi connectivity index (χ3n) is 5.34. The number of hydrogen-bond donors (Lipinski definition) is 1. The first-order valence-electron chi connectivity index (χ1n) is 10.1. The van der Waals surface area contributed by atoms with Gasteiger partial charge in [-0.3, -0.25) is 4.79 Å². The average Bonchev–Trinajstić information content (AvgIpc) is 3.22. The van der Waals surface area contributed by atoms with Gasteiger partial charge in [0.15, 0.2) is 17.3 Å². The van der Waals surface area contributed by atoms with E-state index in [4.69, 9.17) is 4.74 Å². The second-order valence-electron chi connectivity index (χ2n) is 8.73. The van der Waals surface area contributed by atoms with Crippen molar-refractivity contribution in [2.75, 3.05) is 6.54 Å². The molecule has 1 N–H and O–H groups in total. The van der Waals surface area contributed by atoms with Crippen LogP contribution >= 0.6 is 0 Å². The number of H-pyrrole nitrogens is 1. The van der Waals surface area contributed by atoms with Crippen LogP contribution in [0.25, 0.3) is 16.7 Å². The lowest BCUT2D eigenvalue weighted by atomic mass is 9.83. The minimum absolute atomic E-state index is 0.0366. The molecule has 0 bridgehead atoms. The van der Waals surface area contributed by atoms with Gasteiger partial charge in [-0.25, -0.2) is 18.3 Å². The highest BCUT2D eigenvalue weighted by atomic mass is 19.2. The van der Waals surface area contributed by atoms with E-state index < -0.39 is 28.9 Å². The van der Waals surface area contributed by atoms with Crippen molar-refractivity contribution in [2.24, 2.45) is 7.05 Å². The quantitative estimate of drug-likeness (QED) is 0.627. The van der Waals surface area contributed by atoms with Gasteiger partial charge in [0.25, 0.3) is 5.91 Å². The summed E-state index contributed by atoms with van der Waals surface area (Å²) in [6, 6.07) is 2.95. The molecule has 3 aromatic rings. The number of esters is 1. The molecular formula is C22H23F2N5O3. The van der Waals surface area contributed by atoms with Gasteiger partial charge in [-0.05, 0) is 32.0 Å². The lowest BCUT2D eigenvalue weighted by Gasteiger charge is -2.29. The molecule has 0 saturated heterocycles. The molecule has 1 aromatic carbocycles. The van der Waals surface area contributed by atoms with Crippen LogP contribution in [0.3, 0.4) is 0 Å². The zero-order chi connectivity index (χ0) is 23.4. The van der Waals surface area contributed by atoms with Crippen molar-refractivity contribution >= 4 is 28.6 Å². The van der Waals surface area contributed by atoms with Crippen LogP contribution in [0, 0.1) is 11.6 Å². The molecule has 3 heterocycles. The van der Waals surface area contributed by atoms with E-state index in [1.165, 1.54) is 17.2 Å². The highest BCUT2D eigenvalue weighted by Crippen LogP contribution is 2.40. The molecule has 8 nitrogen and oxygen atoms in total. The maximum Gasteiger partial charge on any atom is 0.342 e. The number of amides is 1. The van der Waals surface area contributed by atoms with Crippen molar-refractivity contribution in [3.63, 3.8) is 0 Å². The standard InChI is InChI=1S/C22H23F2N5O3/c1-11(2)32-21(31)13-9-29(20(30)12-6-7-14(23)15(24)8-12)10-22(3,4)16-17(13)25-19-18(16)28(5)27-26-19/h6-9,11,25H,10H2,1-5H3. The molecule has 10 heteroatoms. The first-order chi connectivity index (χ1) is 15.0. The summed E-state index contributed by atoms with van der Waals surface area (Å²) >= 11 is 0. The lowest BCUT2D eigenvalue weighted by molar-refractivity contribution is -0.140. The Morgan fingerprint density at radius 3 is 2.59 bits per heavy atom. The minimum atomic E-state index is -1.12. The highest BCUT2D eigenvalue weighted by Gasteiger charge is 2.39. The number of nitrogens with one attached hydrogen (secondary N) is 1. The van der Waals surface area contributed by atoms with Crippen molar-refractivity contribution in [3.05, 3.63) is 52.9 Å². The predicted molar refractivity (Wildman–Crippen MR) is 112 cm³/mol. The average molecular weight is 443 g/mol. The van der Waals surface area contributed by atoms with E-state index in [1.807, 2.05) is 13.8 Å². The SMILES string of the molecule is CC(C)OC(=O)C1=CN(C(=O)c2ccc(F)c(F)c2)CC(C)(C)c2c1[nH]c1nnn(C)c21. The number of aromatic nitrogens is 4. The zero-order valence-electron chi connectivity index (χ0n) is 18.4. The van der Waals surface area contributed by atoms with Gasteiger partial charge in [0.1, 0.15) is 5.52 Å². The normalized spacial score (nSPS) is 15.5. The Hall–Kier alpha value is -3.56. The molecule has 1 aliphatic heterocycles. The van der Waals surface area contributed by atoms with Crippen LogP contribution in [0.1, 0.15) is 49.3 Å². The van der Waals surface area contributed by atoms with E-state index in [-0.39, 0.29) is 23.8 Å². The first-order valence-corrected chi connectivity index (χ1v) is 10.1. The van der Waals surface area contributed by atoms with Gasteiger partial charge in [-0.1, -0.05) is 19.1 Å². The molecule has 1 aliphatic rings. The van der Waals surface area contributed by atoms with E-state index >= 15 is 0 Å². The Morgan fingerprint density at radius 2 is 1.94 bits per heavy atom. The first kappa shape index (κ1) is 21.7. The molecule has 1 amide bonds. The van der Waals surface area contributed by atoms with Gasteiger partial charge in [0.2, 0.25) is 0 Å². The van der Waals surface area contributed by atoms with E-state index in [0.29, 0.717) is 16.9 Å². The molecule has 0 unspecified atom stereocenters. The number of aromatic amines is 1. The van der Waals surface area contributed by atoms with Gasteiger partial charge in [-0.15, -0.1) is 5.10 Å². The van der Waals surface area contributed by atoms with Crippen molar-refractivity contribution in [2.45, 2.75) is 39.2 Å². The summed E-state index contributed by atoms with van der Waals surface area (Å²) < 4.78 is 34.2. The fraction of sp³-hybridized carbons (Fsp3) is 0.364. The van der Waals surface area contributed by atoms with Crippen molar-refractivity contribution in [1.29, 1.82) is 0 Å². The van der Waals surface area contributed by atoms with Gasteiger partial charge in [0.05, 0.1) is 17.4 Å². The Kier molecular flexibility index (Phi) is 5.10. The maximum atomic E-state index is 13.8. The number of halogens is 2. The second-order valence-corrected chi connectivity index (χ2v) is 8.73. The zero-order valence-corrected chi connectivity index (χ0v) is 18.4. The van der Waals surface area contributed by atoms with Crippen LogP contribution in [-0.4, -0.2) is 49.4 Å². The smallest absolute Gasteiger partial charge is 0.342 e. The number of ether oxygens (including phenoxy) is 1. The summed E-state index contributed by atoms with van der Waals surface area (Å²) in [5.41, 5.74) is 1.89. The Morgan fingerprint density at radius 1 is 1.22 bits per heavy atom. The molecule has 168 valence electrons. The minimum Gasteiger partial charge on any atom is -0.459 e. The molecule has 0 spiro atoms. The molecule has 0 saturated carbocycles. The summed E-state index contributed by atoms with van der Waals surface area (Å²) in [5.74, 6) is -3.37. The van der Waals surface area contributed by atoms with Gasteiger partial charge >= 0.3 is 5.97 Å². The number of hydrogen-bond acceptors (Lipinski definition) is 5. The van der Waals surface area contributed by atoms with Crippen LogP contribution in [0.5, 0.6) is 0 Å². The number of rotatable bonds is 3. The summed E-state index contributed by atoms with van der Waals surface area (Å²) in [6.45, 7) is 7.45. The lowest BCUT2D eigenvalue weighted by Crippen LogP contribution is -2.37. The van der Waals surface area contributed by atoms with Gasteiger partial charge in [-0.2, -0.15) is 0 Å². The Labute approximate surface area is 182 Å². The molecule has 0 aliphatic carbocycles. The monoisotopic (exact) mass is 443 g/mol. The number of aryl methyl sites for hydroxylation is 1. The molecule has 2 aromatic heterocycles. The summed E-state index contributed by atoms with van der Waals surface area (Å²) in [6.07, 6.45) is 1.01. The Bertz CT molecular complexity index is 1270. The second kappa shape index (κ2) is 7.54. The summed E-state index contributed by atoms with van der Waals surface area (Å²) in [4.78, 5) is 30.7. The van der Waals surface area contributed by atoms with Crippen LogP contribution in [-0.2, 0) is 22.0 Å². The van der Waals surface area contributed by atoms with Crippen LogP contribution in [0.15, 0.2) is 24.4 Å². The van der Waals surface area contributed by atoms with E-state index in [2.05, 4.69) is 15.3 Å². The highest BCUT2D eigenvalue weighted by molar-refractivity contribution is 6.18. The topological polar surface area (TPSA) is 93.1 Å². The number of carbonyl (C=O) groups is 2. The van der Waals surface area contributed by atoms with Crippen LogP contribution in [0.2, 0.25) is 0 Å². The molecule has 0 radical (unpaired) electrons.